The van der Waals surface area contributed by atoms with Crippen LogP contribution < -0.4 is 5.32 Å². The highest BCUT2D eigenvalue weighted by atomic mass is 16.3. The maximum absolute atomic E-state index is 9.38. The first-order valence-corrected chi connectivity index (χ1v) is 10.5. The molecule has 0 spiro atoms. The van der Waals surface area contributed by atoms with Crippen molar-refractivity contribution in [2.45, 2.75) is 19.7 Å². The van der Waals surface area contributed by atoms with Gasteiger partial charge in [0, 0.05) is 41.0 Å². The minimum Gasteiger partial charge on any atom is -0.392 e. The van der Waals surface area contributed by atoms with Gasteiger partial charge < -0.3 is 10.4 Å². The van der Waals surface area contributed by atoms with E-state index in [0.29, 0.717) is 11.8 Å². The molecule has 33 heavy (non-hydrogen) atoms. The van der Waals surface area contributed by atoms with E-state index in [0.717, 1.165) is 39.2 Å². The molecule has 5 rings (SSSR count). The number of amidine groups is 1. The molecule has 8 nitrogen and oxygen atoms in total. The van der Waals surface area contributed by atoms with Crippen LogP contribution in [0.15, 0.2) is 94.5 Å². The van der Waals surface area contributed by atoms with Gasteiger partial charge in [0.15, 0.2) is 12.0 Å². The summed E-state index contributed by atoms with van der Waals surface area (Å²) in [7, 11) is 0. The highest BCUT2D eigenvalue weighted by Crippen LogP contribution is 2.30. The van der Waals surface area contributed by atoms with Crippen molar-refractivity contribution in [2.75, 3.05) is 5.32 Å². The van der Waals surface area contributed by atoms with Crippen molar-refractivity contribution in [3.8, 4) is 11.3 Å². The van der Waals surface area contributed by atoms with Crippen LogP contribution in [-0.4, -0.2) is 25.9 Å². The monoisotopic (exact) mass is 435 g/mol. The Bertz CT molecular complexity index is 1350. The van der Waals surface area contributed by atoms with Gasteiger partial charge >= 0.3 is 0 Å². The van der Waals surface area contributed by atoms with Gasteiger partial charge in [0.1, 0.15) is 0 Å². The normalized spacial score (nSPS) is 14.8. The molecule has 2 N–H and O–H groups in total. The largest absolute Gasteiger partial charge is 0.392 e. The molecule has 1 aliphatic heterocycles. The lowest BCUT2D eigenvalue weighted by atomic mass is 10.1. The van der Waals surface area contributed by atoms with E-state index in [1.807, 2.05) is 67.6 Å². The number of aliphatic hydroxyl groups is 1. The van der Waals surface area contributed by atoms with Crippen molar-refractivity contribution in [3.05, 3.63) is 102 Å². The number of hydrogen-bond donors (Lipinski definition) is 2. The minimum atomic E-state index is -0.429. The lowest BCUT2D eigenvalue weighted by molar-refractivity contribution is 0.282. The summed E-state index contributed by atoms with van der Waals surface area (Å²) in [5.74, 6) is 1.05. The molecule has 0 amide bonds. The number of hydrogen-bond acceptors (Lipinski definition) is 8. The number of anilines is 2. The second-order valence-corrected chi connectivity index (χ2v) is 7.61. The Morgan fingerprint density at radius 2 is 1.88 bits per heavy atom. The van der Waals surface area contributed by atoms with Crippen LogP contribution in [0.5, 0.6) is 0 Å². The van der Waals surface area contributed by atoms with Crippen LogP contribution in [0.4, 0.5) is 11.6 Å². The third kappa shape index (κ3) is 4.51. The summed E-state index contributed by atoms with van der Waals surface area (Å²) in [6.45, 7) is 1.99. The molecule has 0 radical (unpaired) electrons. The summed E-state index contributed by atoms with van der Waals surface area (Å²) in [6.07, 6.45) is 4.80. The SMILES string of the molecule is Cc1ccc(C2N=NC(c3cccc(CO)c3)=N2)cc1Nc1nccc(-c2cccnc2)n1. The molecule has 3 heterocycles. The summed E-state index contributed by atoms with van der Waals surface area (Å²) in [5, 5.41) is 21.3. The smallest absolute Gasteiger partial charge is 0.227 e. The molecule has 8 heteroatoms. The van der Waals surface area contributed by atoms with E-state index in [-0.39, 0.29) is 6.61 Å². The van der Waals surface area contributed by atoms with Gasteiger partial charge in [-0.15, -0.1) is 5.11 Å². The Balaban J connectivity index is 1.39. The zero-order valence-corrected chi connectivity index (χ0v) is 17.9. The van der Waals surface area contributed by atoms with Gasteiger partial charge in [-0.05, 0) is 48.4 Å². The van der Waals surface area contributed by atoms with Crippen molar-refractivity contribution in [2.24, 2.45) is 15.2 Å². The van der Waals surface area contributed by atoms with Crippen molar-refractivity contribution in [3.63, 3.8) is 0 Å². The van der Waals surface area contributed by atoms with E-state index >= 15 is 0 Å². The van der Waals surface area contributed by atoms with Crippen LogP contribution in [0, 0.1) is 6.92 Å². The third-order valence-electron chi connectivity index (χ3n) is 5.29. The molecule has 2 aromatic heterocycles. The van der Waals surface area contributed by atoms with Crippen LogP contribution in [0.25, 0.3) is 11.3 Å². The number of aliphatic imine (C=N–C) groups is 1. The lowest BCUT2D eigenvalue weighted by Gasteiger charge is -2.12. The van der Waals surface area contributed by atoms with Crippen LogP contribution in [0.2, 0.25) is 0 Å². The van der Waals surface area contributed by atoms with E-state index < -0.39 is 6.17 Å². The van der Waals surface area contributed by atoms with Gasteiger partial charge in [-0.1, -0.05) is 30.3 Å². The fraction of sp³-hybridized carbons (Fsp3) is 0.120. The molecule has 1 aliphatic rings. The second-order valence-electron chi connectivity index (χ2n) is 7.61. The average molecular weight is 435 g/mol. The van der Waals surface area contributed by atoms with E-state index in [1.54, 1.807) is 18.6 Å². The average Bonchev–Trinajstić information content (AvgIpc) is 3.37. The number of benzene rings is 2. The van der Waals surface area contributed by atoms with Crippen molar-refractivity contribution in [1.29, 1.82) is 0 Å². The molecule has 0 saturated carbocycles. The number of nitrogens with zero attached hydrogens (tertiary/aromatic N) is 6. The van der Waals surface area contributed by atoms with Gasteiger partial charge in [0.2, 0.25) is 5.95 Å². The Morgan fingerprint density at radius 1 is 0.970 bits per heavy atom. The Hall–Kier alpha value is -4.30. The molecule has 0 fully saturated rings. The molecule has 0 saturated heterocycles. The van der Waals surface area contributed by atoms with Crippen molar-refractivity contribution >= 4 is 17.5 Å². The fourth-order valence-corrected chi connectivity index (χ4v) is 3.51. The number of rotatable bonds is 6. The van der Waals surface area contributed by atoms with Crippen molar-refractivity contribution in [1.82, 2.24) is 15.0 Å². The summed E-state index contributed by atoms with van der Waals surface area (Å²) < 4.78 is 0. The maximum atomic E-state index is 9.38. The van der Waals surface area contributed by atoms with E-state index in [4.69, 9.17) is 0 Å². The molecule has 2 aromatic carbocycles. The van der Waals surface area contributed by atoms with Gasteiger partial charge in [-0.2, -0.15) is 5.11 Å². The molecule has 0 bridgehead atoms. The number of nitrogens with one attached hydrogen (secondary N) is 1. The minimum absolute atomic E-state index is 0.0290. The summed E-state index contributed by atoms with van der Waals surface area (Å²) in [4.78, 5) is 17.8. The molecule has 0 aliphatic carbocycles. The standard InChI is InChI=1S/C25H21N7O/c1-16-7-8-19(24-30-23(31-32-24)18-5-2-4-17(12-18)15-33)13-22(16)29-25-27-11-9-21(28-25)20-6-3-10-26-14-20/h2-14,24,33H,15H2,1H3,(H,27,28,29). The highest BCUT2D eigenvalue weighted by Gasteiger charge is 2.19. The zero-order valence-electron chi connectivity index (χ0n) is 17.9. The summed E-state index contributed by atoms with van der Waals surface area (Å²) >= 11 is 0. The van der Waals surface area contributed by atoms with Crippen LogP contribution in [0.1, 0.15) is 28.4 Å². The molecular weight excluding hydrogens is 414 g/mol. The predicted octanol–water partition coefficient (Wildman–Crippen LogP) is 4.99. The topological polar surface area (TPSA) is 108 Å². The Morgan fingerprint density at radius 3 is 2.73 bits per heavy atom. The second kappa shape index (κ2) is 9.05. The molecule has 1 atom stereocenters. The zero-order chi connectivity index (χ0) is 22.6. The van der Waals surface area contributed by atoms with Crippen molar-refractivity contribution < 1.29 is 5.11 Å². The first-order valence-electron chi connectivity index (χ1n) is 10.5. The van der Waals surface area contributed by atoms with Gasteiger partial charge in [-0.25, -0.2) is 15.0 Å². The first kappa shape index (κ1) is 20.6. The van der Waals surface area contributed by atoms with Crippen LogP contribution in [-0.2, 0) is 6.61 Å². The number of pyridine rings is 1. The molecular formula is C25H21N7O. The quantitative estimate of drug-likeness (QED) is 0.443. The van der Waals surface area contributed by atoms with Gasteiger partial charge in [0.25, 0.3) is 0 Å². The number of aryl methyl sites for hydroxylation is 1. The van der Waals surface area contributed by atoms with Crippen LogP contribution >= 0.6 is 0 Å². The van der Waals surface area contributed by atoms with E-state index in [2.05, 4.69) is 35.5 Å². The van der Waals surface area contributed by atoms with Gasteiger partial charge in [0.05, 0.1) is 12.3 Å². The maximum Gasteiger partial charge on any atom is 0.227 e. The summed E-state index contributed by atoms with van der Waals surface area (Å²) in [5.41, 5.74) is 6.18. The molecule has 162 valence electrons. The molecule has 4 aromatic rings. The Kier molecular flexibility index (Phi) is 5.65. The Labute approximate surface area is 190 Å². The number of azo groups is 1. The van der Waals surface area contributed by atoms with E-state index in [9.17, 15) is 5.11 Å². The number of aliphatic hydroxyl groups excluding tert-OH is 1. The number of aromatic nitrogens is 3. The predicted molar refractivity (Wildman–Crippen MR) is 126 cm³/mol. The van der Waals surface area contributed by atoms with E-state index in [1.165, 1.54) is 0 Å². The van der Waals surface area contributed by atoms with Crippen LogP contribution in [0.3, 0.4) is 0 Å². The van der Waals surface area contributed by atoms with Gasteiger partial charge in [-0.3, -0.25) is 4.98 Å². The molecule has 1 unspecified atom stereocenters. The summed E-state index contributed by atoms with van der Waals surface area (Å²) in [6, 6.07) is 19.2. The third-order valence-corrected chi connectivity index (χ3v) is 5.29. The lowest BCUT2D eigenvalue weighted by Crippen LogP contribution is -2.01. The fourth-order valence-electron chi connectivity index (χ4n) is 3.51. The highest BCUT2D eigenvalue weighted by molar-refractivity contribution is 6.00. The first-order chi connectivity index (χ1) is 16.2.